The zero-order valence-corrected chi connectivity index (χ0v) is 12.6. The van der Waals surface area contributed by atoms with Crippen molar-refractivity contribution >= 4 is 17.4 Å². The van der Waals surface area contributed by atoms with Crippen molar-refractivity contribution in [3.05, 3.63) is 10.9 Å². The Hall–Kier alpha value is -1.14. The van der Waals surface area contributed by atoms with Crippen molar-refractivity contribution in [1.29, 1.82) is 0 Å². The Balaban J connectivity index is 2.07. The monoisotopic (exact) mass is 284 g/mol. The lowest BCUT2D eigenvalue weighted by molar-refractivity contribution is -0.0705. The van der Waals surface area contributed by atoms with Crippen LogP contribution < -0.4 is 4.74 Å². The van der Waals surface area contributed by atoms with E-state index in [1.807, 2.05) is 4.90 Å². The van der Waals surface area contributed by atoms with Gasteiger partial charge in [-0.2, -0.15) is 4.37 Å². The van der Waals surface area contributed by atoms with Gasteiger partial charge < -0.3 is 14.4 Å². The lowest BCUT2D eigenvalue weighted by Gasteiger charge is -2.39. The van der Waals surface area contributed by atoms with Crippen LogP contribution in [0.1, 0.15) is 30.4 Å². The molecule has 5 nitrogen and oxygen atoms in total. The normalized spacial score (nSPS) is 20.4. The third kappa shape index (κ3) is 3.25. The predicted octanol–water partition coefficient (Wildman–Crippen LogP) is 2.04. The fraction of sp³-hybridized carbons (Fsp3) is 0.692. The van der Waals surface area contributed by atoms with Gasteiger partial charge in [-0.1, -0.05) is 20.8 Å². The van der Waals surface area contributed by atoms with Crippen molar-refractivity contribution in [1.82, 2.24) is 9.27 Å². The maximum Gasteiger partial charge on any atom is 0.265 e. The summed E-state index contributed by atoms with van der Waals surface area (Å²) in [7, 11) is 1.55. The van der Waals surface area contributed by atoms with Crippen molar-refractivity contribution in [3.8, 4) is 5.88 Å². The highest BCUT2D eigenvalue weighted by molar-refractivity contribution is 7.08. The van der Waals surface area contributed by atoms with Gasteiger partial charge in [0, 0.05) is 19.2 Å². The van der Waals surface area contributed by atoms with E-state index in [9.17, 15) is 4.79 Å². The summed E-state index contributed by atoms with van der Waals surface area (Å²) in [6, 6.07) is 1.69. The Morgan fingerprint density at radius 2 is 2.32 bits per heavy atom. The van der Waals surface area contributed by atoms with E-state index in [0.29, 0.717) is 30.5 Å². The molecule has 1 unspecified atom stereocenters. The van der Waals surface area contributed by atoms with Gasteiger partial charge in [-0.3, -0.25) is 4.79 Å². The van der Waals surface area contributed by atoms with Crippen molar-refractivity contribution in [2.75, 3.05) is 26.8 Å². The first-order valence-corrected chi connectivity index (χ1v) is 7.10. The molecule has 0 bridgehead atoms. The van der Waals surface area contributed by atoms with Crippen LogP contribution in [0.15, 0.2) is 6.07 Å². The number of ether oxygens (including phenoxy) is 2. The van der Waals surface area contributed by atoms with Gasteiger partial charge in [-0.05, 0) is 16.9 Å². The van der Waals surface area contributed by atoms with E-state index in [0.717, 1.165) is 0 Å². The lowest BCUT2D eigenvalue weighted by atomic mass is 9.88. The van der Waals surface area contributed by atoms with Crippen LogP contribution in [-0.2, 0) is 4.74 Å². The fourth-order valence-electron chi connectivity index (χ4n) is 1.97. The Kier molecular flexibility index (Phi) is 4.10. The smallest absolute Gasteiger partial charge is 0.265 e. The number of hydrogen-bond donors (Lipinski definition) is 0. The number of hydrogen-bond acceptors (Lipinski definition) is 5. The van der Waals surface area contributed by atoms with Gasteiger partial charge in [0.25, 0.3) is 5.91 Å². The molecule has 0 saturated carbocycles. The van der Waals surface area contributed by atoms with Gasteiger partial charge in [-0.25, -0.2) is 0 Å². The Labute approximate surface area is 117 Å². The Bertz CT molecular complexity index is 453. The first-order chi connectivity index (χ1) is 8.91. The van der Waals surface area contributed by atoms with E-state index >= 15 is 0 Å². The number of methoxy groups -OCH3 is 1. The van der Waals surface area contributed by atoms with Crippen LogP contribution in [0.25, 0.3) is 0 Å². The third-order valence-electron chi connectivity index (χ3n) is 3.23. The fourth-order valence-corrected chi connectivity index (χ4v) is 2.65. The number of rotatable bonds is 2. The minimum absolute atomic E-state index is 0.0124. The molecule has 1 saturated heterocycles. The summed E-state index contributed by atoms with van der Waals surface area (Å²) >= 11 is 1.18. The van der Waals surface area contributed by atoms with Gasteiger partial charge in [0.1, 0.15) is 4.88 Å². The van der Waals surface area contributed by atoms with Crippen LogP contribution in [0.4, 0.5) is 0 Å². The minimum atomic E-state index is 0.0124. The van der Waals surface area contributed by atoms with Gasteiger partial charge in [0.15, 0.2) is 0 Å². The molecule has 0 radical (unpaired) electrons. The summed E-state index contributed by atoms with van der Waals surface area (Å²) in [6.45, 7) is 8.22. The standard InChI is InChI=1S/C13H20N2O3S/c1-13(2,3)10-8-15(5-6-18-10)12(16)9-7-11(17-4)14-19-9/h7,10H,5-6,8H2,1-4H3. The SMILES string of the molecule is COc1cc(C(=O)N2CCOC(C(C)(C)C)C2)sn1. The van der Waals surface area contributed by atoms with Crippen LogP contribution in [0, 0.1) is 5.41 Å². The molecule has 1 aliphatic heterocycles. The van der Waals surface area contributed by atoms with Gasteiger partial charge in [0.2, 0.25) is 5.88 Å². The van der Waals surface area contributed by atoms with Crippen molar-refractivity contribution in [3.63, 3.8) is 0 Å². The first kappa shape index (κ1) is 14.3. The van der Waals surface area contributed by atoms with E-state index in [2.05, 4.69) is 25.1 Å². The molecule has 0 aromatic carbocycles. The highest BCUT2D eigenvalue weighted by Gasteiger charge is 2.33. The van der Waals surface area contributed by atoms with E-state index in [1.165, 1.54) is 11.5 Å². The predicted molar refractivity (Wildman–Crippen MR) is 73.8 cm³/mol. The molecule has 2 heterocycles. The summed E-state index contributed by atoms with van der Waals surface area (Å²) in [5.74, 6) is 0.507. The van der Waals surface area contributed by atoms with E-state index in [-0.39, 0.29) is 17.4 Å². The van der Waals surface area contributed by atoms with Crippen molar-refractivity contribution in [2.24, 2.45) is 5.41 Å². The summed E-state index contributed by atoms with van der Waals surface area (Å²) in [5, 5.41) is 0. The molecule has 1 aromatic rings. The molecule has 1 fully saturated rings. The van der Waals surface area contributed by atoms with Crippen LogP contribution >= 0.6 is 11.5 Å². The first-order valence-electron chi connectivity index (χ1n) is 6.33. The average Bonchev–Trinajstić information content (AvgIpc) is 2.86. The molecule has 2 rings (SSSR count). The van der Waals surface area contributed by atoms with Crippen LogP contribution in [-0.4, -0.2) is 48.1 Å². The van der Waals surface area contributed by atoms with Crippen LogP contribution in [0.5, 0.6) is 5.88 Å². The van der Waals surface area contributed by atoms with Gasteiger partial charge in [0.05, 0.1) is 19.8 Å². The minimum Gasteiger partial charge on any atom is -0.480 e. The highest BCUT2D eigenvalue weighted by Crippen LogP contribution is 2.27. The summed E-state index contributed by atoms with van der Waals surface area (Å²) in [5.41, 5.74) is 0.0321. The van der Waals surface area contributed by atoms with E-state index < -0.39 is 0 Å². The number of aromatic nitrogens is 1. The molecule has 0 spiro atoms. The Morgan fingerprint density at radius 1 is 1.58 bits per heavy atom. The van der Waals surface area contributed by atoms with Crippen molar-refractivity contribution in [2.45, 2.75) is 26.9 Å². The molecule has 0 N–H and O–H groups in total. The molecule has 6 heteroatoms. The molecule has 1 aromatic heterocycles. The van der Waals surface area contributed by atoms with Gasteiger partial charge in [-0.15, -0.1) is 0 Å². The third-order valence-corrected chi connectivity index (χ3v) is 3.99. The highest BCUT2D eigenvalue weighted by atomic mass is 32.1. The molecule has 106 valence electrons. The maximum absolute atomic E-state index is 12.4. The van der Waals surface area contributed by atoms with Crippen LogP contribution in [0.3, 0.4) is 0 Å². The van der Waals surface area contributed by atoms with Crippen molar-refractivity contribution < 1.29 is 14.3 Å². The Morgan fingerprint density at radius 3 is 2.89 bits per heavy atom. The molecule has 0 aliphatic carbocycles. The number of nitrogens with zero attached hydrogens (tertiary/aromatic N) is 2. The molecule has 1 atom stereocenters. The second-order valence-corrected chi connectivity index (χ2v) is 6.52. The molecule has 1 aliphatic rings. The van der Waals surface area contributed by atoms with E-state index in [1.54, 1.807) is 13.2 Å². The molecular formula is C13H20N2O3S. The number of carbonyl (C=O) groups is 1. The second-order valence-electron chi connectivity index (χ2n) is 5.71. The van der Waals surface area contributed by atoms with E-state index in [4.69, 9.17) is 9.47 Å². The quantitative estimate of drug-likeness (QED) is 0.834. The molecular weight excluding hydrogens is 264 g/mol. The molecule has 19 heavy (non-hydrogen) atoms. The number of carbonyl (C=O) groups excluding carboxylic acids is 1. The summed E-state index contributed by atoms with van der Waals surface area (Å²) < 4.78 is 14.8. The second kappa shape index (κ2) is 5.46. The zero-order chi connectivity index (χ0) is 14.0. The van der Waals surface area contributed by atoms with Crippen LogP contribution in [0.2, 0.25) is 0 Å². The zero-order valence-electron chi connectivity index (χ0n) is 11.8. The lowest BCUT2D eigenvalue weighted by Crippen LogP contribution is -2.50. The summed E-state index contributed by atoms with van der Waals surface area (Å²) in [6.07, 6.45) is 0.0695. The molecule has 1 amide bonds. The van der Waals surface area contributed by atoms with Gasteiger partial charge >= 0.3 is 0 Å². The maximum atomic E-state index is 12.4. The number of amides is 1. The summed E-state index contributed by atoms with van der Waals surface area (Å²) in [4.78, 5) is 14.8. The topological polar surface area (TPSA) is 51.7 Å². The largest absolute Gasteiger partial charge is 0.480 e. The average molecular weight is 284 g/mol. The number of morpholine rings is 1.